The molecule has 1 rings (SSSR count). The lowest BCUT2D eigenvalue weighted by molar-refractivity contribution is 0.149. The summed E-state index contributed by atoms with van der Waals surface area (Å²) >= 11 is 0. The predicted molar refractivity (Wildman–Crippen MR) is 68.6 cm³/mol. The first-order valence-electron chi connectivity index (χ1n) is 6.61. The molecular formula is C13H28N2O. The minimum Gasteiger partial charge on any atom is -0.396 e. The molecule has 0 aromatic carbocycles. The molecule has 1 saturated heterocycles. The number of rotatable bonds is 5. The number of aliphatic hydroxyl groups is 1. The predicted octanol–water partition coefficient (Wildman–Crippen LogP) is 1.47. The van der Waals surface area contributed by atoms with E-state index in [1.165, 1.54) is 19.4 Å². The maximum Gasteiger partial charge on any atom is 0.0445 e. The van der Waals surface area contributed by atoms with Gasteiger partial charge in [0.05, 0.1) is 0 Å². The van der Waals surface area contributed by atoms with E-state index in [-0.39, 0.29) is 6.61 Å². The van der Waals surface area contributed by atoms with Crippen LogP contribution in [0.3, 0.4) is 0 Å². The highest BCUT2D eigenvalue weighted by molar-refractivity contribution is 4.84. The largest absolute Gasteiger partial charge is 0.396 e. The molecule has 16 heavy (non-hydrogen) atoms. The number of hydrogen-bond acceptors (Lipinski definition) is 3. The van der Waals surface area contributed by atoms with Crippen LogP contribution < -0.4 is 5.32 Å². The minimum atomic E-state index is 0.290. The van der Waals surface area contributed by atoms with Crippen LogP contribution in [0, 0.1) is 5.92 Å². The Bertz CT molecular complexity index is 196. The summed E-state index contributed by atoms with van der Waals surface area (Å²) in [7, 11) is 2.20. The third kappa shape index (κ3) is 4.04. The lowest BCUT2D eigenvalue weighted by Gasteiger charge is -2.38. The quantitative estimate of drug-likeness (QED) is 0.748. The first-order valence-corrected chi connectivity index (χ1v) is 6.61. The van der Waals surface area contributed by atoms with E-state index in [9.17, 15) is 0 Å². The monoisotopic (exact) mass is 228 g/mol. The van der Waals surface area contributed by atoms with Crippen molar-refractivity contribution in [3.05, 3.63) is 0 Å². The second-order valence-corrected chi connectivity index (χ2v) is 5.58. The van der Waals surface area contributed by atoms with Crippen LogP contribution in [0.2, 0.25) is 0 Å². The molecule has 0 aromatic heterocycles. The van der Waals surface area contributed by atoms with Crippen LogP contribution in [0.1, 0.15) is 40.0 Å². The lowest BCUT2D eigenvalue weighted by Crippen LogP contribution is -2.50. The van der Waals surface area contributed by atoms with Crippen LogP contribution in [0.25, 0.3) is 0 Å². The number of piperidine rings is 1. The number of aliphatic hydroxyl groups excluding tert-OH is 1. The van der Waals surface area contributed by atoms with Crippen molar-refractivity contribution in [3.63, 3.8) is 0 Å². The first kappa shape index (κ1) is 13.9. The van der Waals surface area contributed by atoms with E-state index in [1.807, 2.05) is 0 Å². The van der Waals surface area contributed by atoms with Crippen LogP contribution in [0.15, 0.2) is 0 Å². The Morgan fingerprint density at radius 3 is 2.62 bits per heavy atom. The second kappa shape index (κ2) is 6.58. The maximum atomic E-state index is 9.06. The molecule has 1 fully saturated rings. The molecule has 3 nitrogen and oxygen atoms in total. The van der Waals surface area contributed by atoms with E-state index < -0.39 is 0 Å². The van der Waals surface area contributed by atoms with E-state index in [0.717, 1.165) is 6.42 Å². The first-order chi connectivity index (χ1) is 7.54. The Hall–Kier alpha value is -0.120. The molecule has 0 saturated carbocycles. The number of likely N-dealkylation sites (tertiary alicyclic amines) is 1. The zero-order chi connectivity index (χ0) is 12.1. The van der Waals surface area contributed by atoms with Crippen LogP contribution in [0.4, 0.5) is 0 Å². The third-order valence-corrected chi connectivity index (χ3v) is 3.90. The van der Waals surface area contributed by atoms with E-state index in [0.29, 0.717) is 24.0 Å². The summed E-state index contributed by atoms with van der Waals surface area (Å²) in [6.45, 7) is 8.22. The van der Waals surface area contributed by atoms with Crippen LogP contribution in [-0.2, 0) is 0 Å². The van der Waals surface area contributed by atoms with Crippen molar-refractivity contribution in [2.24, 2.45) is 5.92 Å². The average Bonchev–Trinajstić information content (AvgIpc) is 2.22. The Morgan fingerprint density at radius 2 is 2.12 bits per heavy atom. The molecule has 0 spiro atoms. The fourth-order valence-electron chi connectivity index (χ4n) is 2.49. The topological polar surface area (TPSA) is 35.5 Å². The molecule has 1 heterocycles. The number of nitrogens with zero attached hydrogens (tertiary/aromatic N) is 1. The SMILES string of the molecule is CC(C)C(CCO)NC1CCN(C)C(C)C1. The van der Waals surface area contributed by atoms with Gasteiger partial charge in [-0.05, 0) is 45.7 Å². The van der Waals surface area contributed by atoms with Crippen LogP contribution in [0.5, 0.6) is 0 Å². The zero-order valence-corrected chi connectivity index (χ0v) is 11.2. The Labute approximate surface area is 100 Å². The molecule has 3 heteroatoms. The fraction of sp³-hybridized carbons (Fsp3) is 1.00. The van der Waals surface area contributed by atoms with E-state index in [1.54, 1.807) is 0 Å². The van der Waals surface area contributed by atoms with Crippen molar-refractivity contribution in [2.75, 3.05) is 20.2 Å². The van der Waals surface area contributed by atoms with Crippen molar-refractivity contribution in [3.8, 4) is 0 Å². The zero-order valence-electron chi connectivity index (χ0n) is 11.2. The second-order valence-electron chi connectivity index (χ2n) is 5.58. The highest BCUT2D eigenvalue weighted by atomic mass is 16.3. The Morgan fingerprint density at radius 1 is 1.44 bits per heavy atom. The fourth-order valence-corrected chi connectivity index (χ4v) is 2.49. The van der Waals surface area contributed by atoms with Gasteiger partial charge in [0.2, 0.25) is 0 Å². The van der Waals surface area contributed by atoms with Gasteiger partial charge >= 0.3 is 0 Å². The highest BCUT2D eigenvalue weighted by Gasteiger charge is 2.25. The molecule has 0 aliphatic carbocycles. The summed E-state index contributed by atoms with van der Waals surface area (Å²) in [6.07, 6.45) is 3.33. The van der Waals surface area contributed by atoms with Crippen molar-refractivity contribution < 1.29 is 5.11 Å². The van der Waals surface area contributed by atoms with E-state index >= 15 is 0 Å². The minimum absolute atomic E-state index is 0.290. The van der Waals surface area contributed by atoms with E-state index in [4.69, 9.17) is 5.11 Å². The Balaban J connectivity index is 2.40. The van der Waals surface area contributed by atoms with E-state index in [2.05, 4.69) is 38.0 Å². The van der Waals surface area contributed by atoms with Gasteiger partial charge in [-0.25, -0.2) is 0 Å². The molecule has 0 radical (unpaired) electrons. The van der Waals surface area contributed by atoms with Crippen molar-refractivity contribution in [1.82, 2.24) is 10.2 Å². The van der Waals surface area contributed by atoms with Gasteiger partial charge in [-0.3, -0.25) is 0 Å². The van der Waals surface area contributed by atoms with Crippen molar-refractivity contribution in [2.45, 2.75) is 58.2 Å². The molecule has 3 atom stereocenters. The number of hydrogen-bond donors (Lipinski definition) is 2. The van der Waals surface area contributed by atoms with Gasteiger partial charge < -0.3 is 15.3 Å². The van der Waals surface area contributed by atoms with Gasteiger partial charge in [0.15, 0.2) is 0 Å². The van der Waals surface area contributed by atoms with Crippen LogP contribution >= 0.6 is 0 Å². The van der Waals surface area contributed by atoms with Gasteiger partial charge in [-0.15, -0.1) is 0 Å². The van der Waals surface area contributed by atoms with Gasteiger partial charge in [-0.1, -0.05) is 13.8 Å². The third-order valence-electron chi connectivity index (χ3n) is 3.90. The van der Waals surface area contributed by atoms with Gasteiger partial charge in [0, 0.05) is 24.7 Å². The van der Waals surface area contributed by atoms with Crippen molar-refractivity contribution in [1.29, 1.82) is 0 Å². The standard InChI is InChI=1S/C13H28N2O/c1-10(2)13(6-8-16)14-12-5-7-15(4)11(3)9-12/h10-14,16H,5-9H2,1-4H3. The normalized spacial score (nSPS) is 29.6. The molecule has 3 unspecified atom stereocenters. The van der Waals surface area contributed by atoms with Gasteiger partial charge in [0.1, 0.15) is 0 Å². The summed E-state index contributed by atoms with van der Waals surface area (Å²) < 4.78 is 0. The Kier molecular flexibility index (Phi) is 5.73. The average molecular weight is 228 g/mol. The molecule has 96 valence electrons. The molecule has 0 aromatic rings. The molecule has 1 aliphatic rings. The van der Waals surface area contributed by atoms with Gasteiger partial charge in [0.25, 0.3) is 0 Å². The number of nitrogens with one attached hydrogen (secondary N) is 1. The molecule has 0 bridgehead atoms. The molecule has 2 N–H and O–H groups in total. The highest BCUT2D eigenvalue weighted by Crippen LogP contribution is 2.17. The summed E-state index contributed by atoms with van der Waals surface area (Å²) in [4.78, 5) is 2.43. The van der Waals surface area contributed by atoms with Crippen molar-refractivity contribution >= 4 is 0 Å². The van der Waals surface area contributed by atoms with Gasteiger partial charge in [-0.2, -0.15) is 0 Å². The maximum absolute atomic E-state index is 9.06. The summed E-state index contributed by atoms with van der Waals surface area (Å²) in [6, 6.07) is 1.77. The lowest BCUT2D eigenvalue weighted by atomic mass is 9.94. The summed E-state index contributed by atoms with van der Waals surface area (Å²) in [5, 5.41) is 12.8. The molecular weight excluding hydrogens is 200 g/mol. The molecule has 0 amide bonds. The van der Waals surface area contributed by atoms with Crippen LogP contribution in [-0.4, -0.2) is 48.3 Å². The summed E-state index contributed by atoms with van der Waals surface area (Å²) in [5.41, 5.74) is 0. The molecule has 1 aliphatic heterocycles. The summed E-state index contributed by atoms with van der Waals surface area (Å²) in [5.74, 6) is 0.599. The smallest absolute Gasteiger partial charge is 0.0445 e.